The number of hydrogen-bond acceptors (Lipinski definition) is 6. The average Bonchev–Trinajstić information content (AvgIpc) is 3.11. The predicted octanol–water partition coefficient (Wildman–Crippen LogP) is 3.39. The summed E-state index contributed by atoms with van der Waals surface area (Å²) in [6.45, 7) is 21.7. The molecule has 0 aliphatic carbocycles. The first-order chi connectivity index (χ1) is 14.8. The van der Waals surface area contributed by atoms with E-state index >= 15 is 0 Å². The number of aromatic amines is 1. The lowest BCUT2D eigenvalue weighted by molar-refractivity contribution is -0.111. The molecule has 3 rings (SSSR count). The molecule has 1 aromatic heterocycles. The Balaban J connectivity index is 2.02. The molecule has 2 N–H and O–H groups in total. The van der Waals surface area contributed by atoms with E-state index < -0.39 is 51.9 Å². The van der Waals surface area contributed by atoms with Crippen molar-refractivity contribution < 1.29 is 18.7 Å². The summed E-state index contributed by atoms with van der Waals surface area (Å²) in [6, 6.07) is 1.33. The fraction of sp³-hybridized carbons (Fsp3) is 0.739. The largest absolute Gasteiger partial charge is 0.414 e. The Kier molecular flexibility index (Phi) is 6.48. The summed E-state index contributed by atoms with van der Waals surface area (Å²) in [6.07, 6.45) is 0.861. The lowest BCUT2D eigenvalue weighted by Gasteiger charge is -2.41. The number of ether oxygens (including phenoxy) is 1. The molecule has 0 radical (unpaired) electrons. The van der Waals surface area contributed by atoms with E-state index in [2.05, 4.69) is 72.7 Å². The van der Waals surface area contributed by atoms with Gasteiger partial charge >= 0.3 is 5.69 Å². The van der Waals surface area contributed by atoms with Gasteiger partial charge in [-0.15, -0.1) is 0 Å². The monoisotopic (exact) mass is 496 g/mol. The zero-order chi connectivity index (χ0) is 25.2. The lowest BCUT2D eigenvalue weighted by atomic mass is 10.0. The summed E-state index contributed by atoms with van der Waals surface area (Å²) in [5.74, 6) is 0. The molecule has 186 valence electrons. The fourth-order valence-electron chi connectivity index (χ4n) is 3.71. The van der Waals surface area contributed by atoms with Gasteiger partial charge in [-0.25, -0.2) is 4.79 Å². The summed E-state index contributed by atoms with van der Waals surface area (Å²) < 4.78 is 20.9. The van der Waals surface area contributed by atoms with Crippen molar-refractivity contribution >= 4 is 22.7 Å². The number of fused-ring (bicyclic) bond motifs is 2. The van der Waals surface area contributed by atoms with E-state index in [9.17, 15) is 14.7 Å². The van der Waals surface area contributed by atoms with E-state index in [1.165, 1.54) is 10.6 Å². The third-order valence-corrected chi connectivity index (χ3v) is 16.9. The van der Waals surface area contributed by atoms with Crippen molar-refractivity contribution in [3.05, 3.63) is 38.7 Å². The smallest absolute Gasteiger partial charge is 0.331 e. The van der Waals surface area contributed by atoms with Gasteiger partial charge in [-0.2, -0.15) is 0 Å². The maximum atomic E-state index is 12.8. The molecule has 1 saturated heterocycles. The third kappa shape index (κ3) is 4.53. The summed E-state index contributed by atoms with van der Waals surface area (Å²) in [4.78, 5) is 26.9. The second-order valence-electron chi connectivity index (χ2n) is 12.3. The normalized spacial score (nSPS) is 28.0. The van der Waals surface area contributed by atoms with Gasteiger partial charge in [0.15, 0.2) is 22.4 Å². The molecule has 1 spiro atoms. The fourth-order valence-corrected chi connectivity index (χ4v) is 6.04. The summed E-state index contributed by atoms with van der Waals surface area (Å²) >= 11 is 0. The number of hydrogen-bond donors (Lipinski definition) is 2. The highest BCUT2D eigenvalue weighted by Gasteiger charge is 2.59. The van der Waals surface area contributed by atoms with E-state index in [1.54, 1.807) is 12.2 Å². The van der Waals surface area contributed by atoms with Crippen LogP contribution in [0.5, 0.6) is 0 Å². The van der Waals surface area contributed by atoms with Crippen molar-refractivity contribution in [3.8, 4) is 0 Å². The second-order valence-corrected chi connectivity index (χ2v) is 21.9. The first-order valence-electron chi connectivity index (χ1n) is 11.6. The first-order valence-corrected chi connectivity index (χ1v) is 17.4. The standard InChI is InChI=1S/C23H40N2O6Si2/c1-21(2,3)32(7,8)29-14-16-18(31-33(9,10)22(4,5)6)19(27)23(30-16)12-11-15-13-17(26)24-20(28)25(15)23/h11-13,16,18-19,27H,14H2,1-10H3,(H,24,26,28)/t16-,18+,19-,23+/m1/s1. The molecule has 33 heavy (non-hydrogen) atoms. The Hall–Kier alpha value is -1.31. The molecule has 1 aromatic rings. The van der Waals surface area contributed by atoms with E-state index in [0.717, 1.165) is 0 Å². The van der Waals surface area contributed by atoms with Crippen LogP contribution in [0.3, 0.4) is 0 Å². The first kappa shape index (κ1) is 26.3. The van der Waals surface area contributed by atoms with Gasteiger partial charge in [-0.3, -0.25) is 14.3 Å². The van der Waals surface area contributed by atoms with Gasteiger partial charge < -0.3 is 18.7 Å². The number of nitrogens with zero attached hydrogens (tertiary/aromatic N) is 1. The van der Waals surface area contributed by atoms with Crippen molar-refractivity contribution in [2.24, 2.45) is 0 Å². The number of H-pyrrole nitrogens is 1. The zero-order valence-electron chi connectivity index (χ0n) is 21.6. The van der Waals surface area contributed by atoms with Gasteiger partial charge in [0, 0.05) is 6.07 Å². The van der Waals surface area contributed by atoms with Crippen LogP contribution in [0.4, 0.5) is 0 Å². The van der Waals surface area contributed by atoms with Crippen molar-refractivity contribution in [1.82, 2.24) is 9.55 Å². The molecule has 0 unspecified atom stereocenters. The van der Waals surface area contributed by atoms with Crippen LogP contribution in [0.25, 0.3) is 6.08 Å². The van der Waals surface area contributed by atoms with Crippen LogP contribution < -0.4 is 11.2 Å². The average molecular weight is 497 g/mol. The van der Waals surface area contributed by atoms with Crippen molar-refractivity contribution in [1.29, 1.82) is 0 Å². The van der Waals surface area contributed by atoms with Crippen LogP contribution in [0.15, 0.2) is 21.7 Å². The number of rotatable bonds is 5. The summed E-state index contributed by atoms with van der Waals surface area (Å²) in [5, 5.41) is 11.5. The van der Waals surface area contributed by atoms with E-state index in [1.807, 2.05) is 0 Å². The third-order valence-electron chi connectivity index (χ3n) is 7.91. The number of aliphatic hydroxyl groups is 1. The Bertz CT molecular complexity index is 1050. The van der Waals surface area contributed by atoms with Gasteiger partial charge in [0.05, 0.1) is 12.3 Å². The topological polar surface area (TPSA) is 103 Å². The molecular weight excluding hydrogens is 456 g/mol. The molecule has 0 aromatic carbocycles. The van der Waals surface area contributed by atoms with Crippen LogP contribution in [-0.2, 0) is 19.3 Å². The van der Waals surface area contributed by atoms with E-state index in [4.69, 9.17) is 13.6 Å². The Morgan fingerprint density at radius 1 is 1.09 bits per heavy atom. The predicted molar refractivity (Wildman–Crippen MR) is 134 cm³/mol. The summed E-state index contributed by atoms with van der Waals surface area (Å²) in [7, 11) is -4.40. The van der Waals surface area contributed by atoms with Crippen LogP contribution in [0.1, 0.15) is 47.2 Å². The maximum absolute atomic E-state index is 12.8. The van der Waals surface area contributed by atoms with Gasteiger partial charge in [0.25, 0.3) is 5.56 Å². The highest BCUT2D eigenvalue weighted by atomic mass is 28.4. The minimum absolute atomic E-state index is 0.00791. The van der Waals surface area contributed by atoms with Gasteiger partial charge in [-0.05, 0) is 48.4 Å². The lowest BCUT2D eigenvalue weighted by Crippen LogP contribution is -2.53. The van der Waals surface area contributed by atoms with Crippen LogP contribution in [-0.4, -0.2) is 56.2 Å². The molecule has 0 amide bonds. The molecule has 1 fully saturated rings. The minimum atomic E-state index is -2.30. The Morgan fingerprint density at radius 2 is 1.67 bits per heavy atom. The van der Waals surface area contributed by atoms with Crippen molar-refractivity contribution in [3.63, 3.8) is 0 Å². The molecule has 4 atom stereocenters. The number of aromatic nitrogens is 2. The van der Waals surface area contributed by atoms with Crippen LogP contribution in [0, 0.1) is 0 Å². The number of aliphatic hydroxyl groups excluding tert-OH is 1. The van der Waals surface area contributed by atoms with E-state index in [-0.39, 0.29) is 16.7 Å². The Labute approximate surface area is 198 Å². The second kappa shape index (κ2) is 8.13. The molecular formula is C23H40N2O6Si2. The maximum Gasteiger partial charge on any atom is 0.331 e. The van der Waals surface area contributed by atoms with Gasteiger partial charge in [-0.1, -0.05) is 41.5 Å². The molecule has 0 saturated carbocycles. The van der Waals surface area contributed by atoms with Crippen molar-refractivity contribution in [2.45, 2.75) is 102 Å². The zero-order valence-corrected chi connectivity index (χ0v) is 23.6. The molecule has 3 heterocycles. The molecule has 0 bridgehead atoms. The molecule has 10 heteroatoms. The Morgan fingerprint density at radius 3 is 2.21 bits per heavy atom. The van der Waals surface area contributed by atoms with Crippen molar-refractivity contribution in [2.75, 3.05) is 6.61 Å². The molecule has 2 aliphatic heterocycles. The van der Waals surface area contributed by atoms with E-state index in [0.29, 0.717) is 5.69 Å². The SMILES string of the molecule is CC(C)(C)[Si](C)(C)OC[C@H]1O[C@@]2(C=Cc3cc(=O)[nH]c(=O)n32)[C@H](O)[C@H]1O[Si](C)(C)C(C)(C)C. The van der Waals surface area contributed by atoms with Gasteiger partial charge in [0.1, 0.15) is 18.3 Å². The highest BCUT2D eigenvalue weighted by Crippen LogP contribution is 2.46. The van der Waals surface area contributed by atoms with Gasteiger partial charge in [0.2, 0.25) is 0 Å². The molecule has 8 nitrogen and oxygen atoms in total. The highest BCUT2D eigenvalue weighted by molar-refractivity contribution is 6.74. The summed E-state index contributed by atoms with van der Waals surface area (Å²) in [5.41, 5.74) is -2.18. The minimum Gasteiger partial charge on any atom is -0.414 e. The molecule has 2 aliphatic rings. The quantitative estimate of drug-likeness (QED) is 0.606. The van der Waals surface area contributed by atoms with Crippen LogP contribution in [0.2, 0.25) is 36.3 Å². The number of nitrogens with one attached hydrogen (secondary N) is 1. The van der Waals surface area contributed by atoms with Crippen LogP contribution >= 0.6 is 0 Å².